The lowest BCUT2D eigenvalue weighted by atomic mass is 10.4. The van der Waals surface area contributed by atoms with Crippen LogP contribution in [0.3, 0.4) is 0 Å². The summed E-state index contributed by atoms with van der Waals surface area (Å²) in [6.45, 7) is 7.57. The van der Waals surface area contributed by atoms with Gasteiger partial charge in [-0.05, 0) is 27.7 Å². The topological polar surface area (TPSA) is 72.6 Å². The number of ether oxygens (including phenoxy) is 1. The zero-order valence-electron chi connectivity index (χ0n) is 10.8. The lowest BCUT2D eigenvalue weighted by Gasteiger charge is -2.25. The van der Waals surface area contributed by atoms with Crippen LogP contribution in [0.25, 0.3) is 0 Å². The van der Waals surface area contributed by atoms with Gasteiger partial charge in [-0.1, -0.05) is 12.2 Å². The van der Waals surface area contributed by atoms with Gasteiger partial charge in [0.2, 0.25) is 10.0 Å². The van der Waals surface area contributed by atoms with Crippen molar-refractivity contribution in [3.63, 3.8) is 0 Å². The molecular formula is C10H22N2O3S2. The van der Waals surface area contributed by atoms with E-state index in [-0.39, 0.29) is 36.0 Å². The zero-order valence-corrected chi connectivity index (χ0v) is 12.5. The van der Waals surface area contributed by atoms with Crippen molar-refractivity contribution in [2.24, 2.45) is 5.73 Å². The summed E-state index contributed by atoms with van der Waals surface area (Å²) in [5.74, 6) is -0.0496. The molecule has 0 bridgehead atoms. The third kappa shape index (κ3) is 6.92. The number of hydrogen-bond acceptors (Lipinski definition) is 4. The number of nitrogens with two attached hydrogens (primary N) is 1. The second-order valence-corrected chi connectivity index (χ2v) is 6.91. The van der Waals surface area contributed by atoms with Gasteiger partial charge < -0.3 is 10.5 Å². The van der Waals surface area contributed by atoms with E-state index in [1.165, 1.54) is 4.31 Å². The molecule has 5 nitrogen and oxygen atoms in total. The maximum absolute atomic E-state index is 12.0. The Balaban J connectivity index is 4.56. The van der Waals surface area contributed by atoms with Crippen LogP contribution in [0, 0.1) is 0 Å². The number of nitrogens with zero attached hydrogens (tertiary/aromatic N) is 1. The van der Waals surface area contributed by atoms with Gasteiger partial charge >= 0.3 is 0 Å². The van der Waals surface area contributed by atoms with E-state index in [4.69, 9.17) is 22.7 Å². The summed E-state index contributed by atoms with van der Waals surface area (Å²) >= 11 is 4.75. The molecule has 0 fully saturated rings. The lowest BCUT2D eigenvalue weighted by Crippen LogP contribution is -2.44. The van der Waals surface area contributed by atoms with Crippen molar-refractivity contribution in [1.82, 2.24) is 4.31 Å². The molecule has 0 saturated carbocycles. The third-order valence-electron chi connectivity index (χ3n) is 2.04. The van der Waals surface area contributed by atoms with E-state index >= 15 is 0 Å². The molecule has 0 heterocycles. The predicted octanol–water partition coefficient (Wildman–Crippen LogP) is 0.738. The van der Waals surface area contributed by atoms with Gasteiger partial charge in [-0.15, -0.1) is 0 Å². The van der Waals surface area contributed by atoms with Gasteiger partial charge in [0.05, 0.1) is 30.0 Å². The molecule has 0 radical (unpaired) electrons. The Labute approximate surface area is 109 Å². The van der Waals surface area contributed by atoms with Crippen LogP contribution in [0.1, 0.15) is 27.7 Å². The Morgan fingerprint density at radius 3 is 2.24 bits per heavy atom. The fourth-order valence-corrected chi connectivity index (χ4v) is 3.00. The minimum absolute atomic E-state index is 0.0216. The quantitative estimate of drug-likeness (QED) is 0.665. The van der Waals surface area contributed by atoms with Crippen LogP contribution >= 0.6 is 12.2 Å². The second kappa shape index (κ2) is 7.25. The van der Waals surface area contributed by atoms with E-state index in [0.29, 0.717) is 0 Å². The average Bonchev–Trinajstić information content (AvgIpc) is 2.12. The van der Waals surface area contributed by atoms with Crippen LogP contribution in [-0.2, 0) is 14.8 Å². The molecule has 102 valence electrons. The molecule has 17 heavy (non-hydrogen) atoms. The summed E-state index contributed by atoms with van der Waals surface area (Å²) < 4.78 is 30.6. The highest BCUT2D eigenvalue weighted by Crippen LogP contribution is 2.07. The normalized spacial score (nSPS) is 12.6. The molecule has 0 aromatic heterocycles. The molecule has 0 aliphatic carbocycles. The number of thiocarbonyl (C=S) groups is 1. The summed E-state index contributed by atoms with van der Waals surface area (Å²) in [7, 11) is -3.37. The summed E-state index contributed by atoms with van der Waals surface area (Å²) in [5.41, 5.74) is 5.40. The highest BCUT2D eigenvalue weighted by Gasteiger charge is 2.25. The van der Waals surface area contributed by atoms with E-state index < -0.39 is 10.0 Å². The Morgan fingerprint density at radius 1 is 1.35 bits per heavy atom. The molecule has 0 amide bonds. The standard InChI is InChI=1S/C10H22N2O3S2/c1-8(2)12(7-10(11)16)17(13,14)6-5-15-9(3)4/h8-9H,5-7H2,1-4H3,(H2,11,16). The first-order valence-electron chi connectivity index (χ1n) is 5.56. The second-order valence-electron chi connectivity index (χ2n) is 4.34. The number of rotatable bonds is 8. The van der Waals surface area contributed by atoms with Crippen molar-refractivity contribution >= 4 is 27.2 Å². The van der Waals surface area contributed by atoms with E-state index in [9.17, 15) is 8.42 Å². The van der Waals surface area contributed by atoms with E-state index in [1.807, 2.05) is 13.8 Å². The smallest absolute Gasteiger partial charge is 0.216 e. The Morgan fingerprint density at radius 2 is 1.88 bits per heavy atom. The van der Waals surface area contributed by atoms with Gasteiger partial charge in [0.25, 0.3) is 0 Å². The lowest BCUT2D eigenvalue weighted by molar-refractivity contribution is 0.0906. The first-order valence-corrected chi connectivity index (χ1v) is 7.58. The van der Waals surface area contributed by atoms with E-state index in [2.05, 4.69) is 0 Å². The van der Waals surface area contributed by atoms with Crippen LogP contribution in [0.15, 0.2) is 0 Å². The van der Waals surface area contributed by atoms with Crippen LogP contribution < -0.4 is 5.73 Å². The van der Waals surface area contributed by atoms with Crippen molar-refractivity contribution in [2.75, 3.05) is 18.9 Å². The van der Waals surface area contributed by atoms with E-state index in [1.54, 1.807) is 13.8 Å². The summed E-state index contributed by atoms with van der Waals surface area (Å²) in [6.07, 6.45) is 0.0216. The molecule has 0 rings (SSSR count). The SMILES string of the molecule is CC(C)OCCS(=O)(=O)N(CC(N)=S)C(C)C. The Kier molecular flexibility index (Phi) is 7.15. The molecule has 0 aromatic carbocycles. The average molecular weight is 282 g/mol. The summed E-state index contributed by atoms with van der Waals surface area (Å²) in [5, 5.41) is 0. The molecule has 0 unspecified atom stereocenters. The maximum atomic E-state index is 12.0. The Bertz CT molecular complexity index is 339. The van der Waals surface area contributed by atoms with Crippen molar-refractivity contribution < 1.29 is 13.2 Å². The maximum Gasteiger partial charge on any atom is 0.216 e. The summed E-state index contributed by atoms with van der Waals surface area (Å²) in [4.78, 5) is 0.173. The molecule has 0 aliphatic heterocycles. The highest BCUT2D eigenvalue weighted by molar-refractivity contribution is 7.89. The zero-order chi connectivity index (χ0) is 13.6. The van der Waals surface area contributed by atoms with Crippen LogP contribution in [-0.4, -0.2) is 48.8 Å². The molecule has 0 spiro atoms. The monoisotopic (exact) mass is 282 g/mol. The van der Waals surface area contributed by atoms with Gasteiger partial charge in [-0.25, -0.2) is 8.42 Å². The minimum atomic E-state index is -3.37. The van der Waals surface area contributed by atoms with Crippen LogP contribution in [0.2, 0.25) is 0 Å². The first-order chi connectivity index (χ1) is 7.66. The predicted molar refractivity (Wildman–Crippen MR) is 73.5 cm³/mol. The molecule has 2 N–H and O–H groups in total. The van der Waals surface area contributed by atoms with Crippen molar-refractivity contribution in [2.45, 2.75) is 39.8 Å². The van der Waals surface area contributed by atoms with Gasteiger partial charge in [-0.2, -0.15) is 4.31 Å². The molecule has 0 aromatic rings. The van der Waals surface area contributed by atoms with Crippen LogP contribution in [0.5, 0.6) is 0 Å². The fraction of sp³-hybridized carbons (Fsp3) is 0.900. The molecular weight excluding hydrogens is 260 g/mol. The van der Waals surface area contributed by atoms with Crippen molar-refractivity contribution in [1.29, 1.82) is 0 Å². The van der Waals surface area contributed by atoms with Gasteiger partial charge in [0.1, 0.15) is 0 Å². The van der Waals surface area contributed by atoms with Crippen molar-refractivity contribution in [3.05, 3.63) is 0 Å². The molecule has 0 saturated heterocycles. The largest absolute Gasteiger partial charge is 0.392 e. The molecule has 7 heteroatoms. The van der Waals surface area contributed by atoms with Gasteiger partial charge in [0, 0.05) is 6.04 Å². The van der Waals surface area contributed by atoms with Crippen LogP contribution in [0.4, 0.5) is 0 Å². The number of sulfonamides is 1. The third-order valence-corrected chi connectivity index (χ3v) is 4.11. The first kappa shape index (κ1) is 16.8. The highest BCUT2D eigenvalue weighted by atomic mass is 32.2. The fourth-order valence-electron chi connectivity index (χ4n) is 1.26. The minimum Gasteiger partial charge on any atom is -0.392 e. The van der Waals surface area contributed by atoms with Gasteiger partial charge in [0.15, 0.2) is 0 Å². The Hall–Kier alpha value is -0.240. The molecule has 0 aliphatic rings. The summed E-state index contributed by atoms with van der Waals surface area (Å²) in [6, 6.07) is -0.166. The molecule has 0 atom stereocenters. The van der Waals surface area contributed by atoms with Gasteiger partial charge in [-0.3, -0.25) is 0 Å². The van der Waals surface area contributed by atoms with Crippen molar-refractivity contribution in [3.8, 4) is 0 Å². The number of hydrogen-bond donors (Lipinski definition) is 1. The van der Waals surface area contributed by atoms with E-state index in [0.717, 1.165) is 0 Å².